The minimum atomic E-state index is -2.72. The summed E-state index contributed by atoms with van der Waals surface area (Å²) in [7, 11) is 0. The number of hydrogen-bond donors (Lipinski definition) is 2. The molecule has 4 bridgehead atoms. The molecule has 2 spiro atoms. The summed E-state index contributed by atoms with van der Waals surface area (Å²) >= 11 is 0. The molecule has 3 fully saturated rings. The number of carbonyl (C=O) groups is 4. The SMILES string of the molecule is CC1=C2COC[C@]23C(=O)[C@](O)(C1=O)[C@]12COCC1=C(C)C(=O)[C@@]3(O)C2=O. The minimum absolute atomic E-state index is 0.0495. The first-order chi connectivity index (χ1) is 12.1. The summed E-state index contributed by atoms with van der Waals surface area (Å²) < 4.78 is 10.7. The number of aliphatic hydroxyl groups is 2. The number of ether oxygens (including phenoxy) is 2. The first kappa shape index (κ1) is 16.2. The molecular weight excluding hydrogens is 344 g/mol. The molecule has 0 aromatic carbocycles. The smallest absolute Gasteiger partial charge is 0.205 e. The molecule has 2 aliphatic heterocycles. The molecule has 5 aliphatic rings. The van der Waals surface area contributed by atoms with Gasteiger partial charge in [-0.05, 0) is 36.1 Å². The highest BCUT2D eigenvalue weighted by atomic mass is 16.5. The lowest BCUT2D eigenvalue weighted by atomic mass is 9.38. The summed E-state index contributed by atoms with van der Waals surface area (Å²) in [5.74, 6) is -3.86. The van der Waals surface area contributed by atoms with Crippen LogP contribution in [0.3, 0.4) is 0 Å². The third-order valence-electron chi connectivity index (χ3n) is 7.07. The fourth-order valence-electron chi connectivity index (χ4n) is 5.68. The second-order valence-electron chi connectivity index (χ2n) is 7.74. The third kappa shape index (κ3) is 1.10. The van der Waals surface area contributed by atoms with Crippen molar-refractivity contribution >= 4 is 23.1 Å². The van der Waals surface area contributed by atoms with Crippen molar-refractivity contribution in [3.63, 3.8) is 0 Å². The molecule has 0 aromatic rings. The Morgan fingerprint density at radius 3 is 1.42 bits per heavy atom. The summed E-state index contributed by atoms with van der Waals surface area (Å²) in [5.41, 5.74) is -9.28. The van der Waals surface area contributed by atoms with Gasteiger partial charge in [-0.1, -0.05) is 0 Å². The van der Waals surface area contributed by atoms with Gasteiger partial charge in [0.05, 0.1) is 26.4 Å². The van der Waals surface area contributed by atoms with Crippen LogP contribution in [0, 0.1) is 10.8 Å². The Balaban J connectivity index is 2.03. The molecule has 0 aromatic heterocycles. The van der Waals surface area contributed by atoms with Crippen molar-refractivity contribution in [2.24, 2.45) is 10.8 Å². The topological polar surface area (TPSA) is 127 Å². The van der Waals surface area contributed by atoms with E-state index in [1.54, 1.807) is 0 Å². The molecule has 8 nitrogen and oxygen atoms in total. The fourth-order valence-corrected chi connectivity index (χ4v) is 5.68. The van der Waals surface area contributed by atoms with Crippen LogP contribution in [0.1, 0.15) is 13.8 Å². The lowest BCUT2D eigenvalue weighted by Crippen LogP contribution is -2.85. The monoisotopic (exact) mass is 360 g/mol. The molecule has 5 rings (SSSR count). The molecule has 0 radical (unpaired) electrons. The van der Waals surface area contributed by atoms with Crippen LogP contribution in [-0.2, 0) is 28.7 Å². The number of hydrogen-bond acceptors (Lipinski definition) is 8. The molecule has 2 N–H and O–H groups in total. The highest BCUT2D eigenvalue weighted by Crippen LogP contribution is 2.66. The molecular formula is C18H16O8. The zero-order chi connectivity index (χ0) is 18.9. The second-order valence-corrected chi connectivity index (χ2v) is 7.74. The standard InChI is InChI=1S/C18H16O8/c1-7-9-3-25-5-15(9)13(21)17(23,11(7)19)16-6-26-4-10(16)8(2)12(20)18(15,24)14(16)22/h23-24H,3-6H2,1-2H3/t15-,16-,17-,18-/m1/s1. The van der Waals surface area contributed by atoms with E-state index in [0.29, 0.717) is 0 Å². The van der Waals surface area contributed by atoms with Gasteiger partial charge in [0, 0.05) is 0 Å². The van der Waals surface area contributed by atoms with Crippen LogP contribution in [0.5, 0.6) is 0 Å². The maximum atomic E-state index is 13.5. The van der Waals surface area contributed by atoms with Crippen LogP contribution in [0.25, 0.3) is 0 Å². The Labute approximate surface area is 147 Å². The van der Waals surface area contributed by atoms with Gasteiger partial charge in [-0.15, -0.1) is 0 Å². The zero-order valence-electron chi connectivity index (χ0n) is 14.2. The average molecular weight is 360 g/mol. The summed E-state index contributed by atoms with van der Waals surface area (Å²) in [4.78, 5) is 53.2. The van der Waals surface area contributed by atoms with Gasteiger partial charge >= 0.3 is 0 Å². The normalized spacial score (nSPS) is 46.9. The van der Waals surface area contributed by atoms with E-state index in [0.717, 1.165) is 0 Å². The predicted octanol–water partition coefficient (Wildman–Crippen LogP) is -1.57. The summed E-state index contributed by atoms with van der Waals surface area (Å²) in [6, 6.07) is 0. The van der Waals surface area contributed by atoms with Gasteiger partial charge < -0.3 is 19.7 Å². The minimum Gasteiger partial charge on any atom is -0.376 e. The number of rotatable bonds is 0. The van der Waals surface area contributed by atoms with Gasteiger partial charge in [0.15, 0.2) is 23.1 Å². The molecule has 4 atom stereocenters. The van der Waals surface area contributed by atoms with Crippen molar-refractivity contribution in [2.45, 2.75) is 25.0 Å². The predicted molar refractivity (Wildman–Crippen MR) is 81.8 cm³/mol. The maximum absolute atomic E-state index is 13.5. The van der Waals surface area contributed by atoms with Gasteiger partial charge in [0.1, 0.15) is 10.8 Å². The summed E-state index contributed by atoms with van der Waals surface area (Å²) in [6.07, 6.45) is 0. The highest BCUT2D eigenvalue weighted by Gasteiger charge is 2.88. The van der Waals surface area contributed by atoms with E-state index < -0.39 is 58.4 Å². The molecule has 0 amide bonds. The Morgan fingerprint density at radius 2 is 1.08 bits per heavy atom. The second kappa shape index (κ2) is 4.12. The highest BCUT2D eigenvalue weighted by molar-refractivity contribution is 6.38. The number of fused-ring (bicyclic) bond motifs is 2. The van der Waals surface area contributed by atoms with Gasteiger partial charge in [0.25, 0.3) is 0 Å². The van der Waals surface area contributed by atoms with E-state index in [1.807, 2.05) is 0 Å². The van der Waals surface area contributed by atoms with Crippen LogP contribution < -0.4 is 0 Å². The Kier molecular flexibility index (Phi) is 2.56. The molecule has 1 saturated carbocycles. The van der Waals surface area contributed by atoms with Crippen molar-refractivity contribution in [1.29, 1.82) is 0 Å². The van der Waals surface area contributed by atoms with Crippen molar-refractivity contribution in [3.05, 3.63) is 22.3 Å². The van der Waals surface area contributed by atoms with Crippen LogP contribution in [-0.4, -0.2) is 71.0 Å². The molecule has 8 heteroatoms. The molecule has 3 aliphatic carbocycles. The number of carbonyl (C=O) groups excluding carboxylic acids is 4. The van der Waals surface area contributed by atoms with Gasteiger partial charge in [-0.3, -0.25) is 19.2 Å². The molecule has 2 heterocycles. The largest absolute Gasteiger partial charge is 0.376 e. The van der Waals surface area contributed by atoms with Gasteiger partial charge in [-0.25, -0.2) is 0 Å². The molecule has 26 heavy (non-hydrogen) atoms. The van der Waals surface area contributed by atoms with Crippen molar-refractivity contribution in [2.75, 3.05) is 26.4 Å². The van der Waals surface area contributed by atoms with Crippen molar-refractivity contribution < 1.29 is 38.9 Å². The van der Waals surface area contributed by atoms with E-state index in [-0.39, 0.29) is 35.5 Å². The van der Waals surface area contributed by atoms with Crippen LogP contribution in [0.2, 0.25) is 0 Å². The Bertz CT molecular complexity index is 865. The molecule has 0 unspecified atom stereocenters. The first-order valence-electron chi connectivity index (χ1n) is 8.33. The fraction of sp³-hybridized carbons (Fsp3) is 0.556. The maximum Gasteiger partial charge on any atom is 0.205 e. The first-order valence-corrected chi connectivity index (χ1v) is 8.33. The van der Waals surface area contributed by atoms with Crippen molar-refractivity contribution in [1.82, 2.24) is 0 Å². The molecule has 136 valence electrons. The van der Waals surface area contributed by atoms with Crippen LogP contribution >= 0.6 is 0 Å². The van der Waals surface area contributed by atoms with E-state index >= 15 is 0 Å². The average Bonchev–Trinajstić information content (AvgIpc) is 3.26. The quantitative estimate of drug-likeness (QED) is 0.496. The molecule has 2 saturated heterocycles. The summed E-state index contributed by atoms with van der Waals surface area (Å²) in [5, 5.41) is 22.9. The lowest BCUT2D eigenvalue weighted by Gasteiger charge is -2.60. The number of ketones is 4. The van der Waals surface area contributed by atoms with Gasteiger partial charge in [-0.2, -0.15) is 0 Å². The van der Waals surface area contributed by atoms with E-state index in [1.165, 1.54) is 13.8 Å². The van der Waals surface area contributed by atoms with Gasteiger partial charge in [0.2, 0.25) is 11.2 Å². The van der Waals surface area contributed by atoms with Crippen LogP contribution in [0.15, 0.2) is 22.3 Å². The van der Waals surface area contributed by atoms with E-state index in [9.17, 15) is 29.4 Å². The van der Waals surface area contributed by atoms with E-state index in [4.69, 9.17) is 9.47 Å². The lowest BCUT2D eigenvalue weighted by molar-refractivity contribution is -0.209. The zero-order valence-corrected chi connectivity index (χ0v) is 14.2. The van der Waals surface area contributed by atoms with Crippen LogP contribution in [0.4, 0.5) is 0 Å². The van der Waals surface area contributed by atoms with E-state index in [2.05, 4.69) is 0 Å². The Morgan fingerprint density at radius 1 is 0.731 bits per heavy atom. The van der Waals surface area contributed by atoms with Crippen molar-refractivity contribution in [3.8, 4) is 0 Å². The third-order valence-corrected chi connectivity index (χ3v) is 7.07. The Hall–Kier alpha value is -2.00. The summed E-state index contributed by atoms with van der Waals surface area (Å²) in [6.45, 7) is 1.62. The number of Topliss-reactive ketones (excluding diaryl/α,β-unsaturated/α-hetero) is 4.